The summed E-state index contributed by atoms with van der Waals surface area (Å²) in [5.74, 6) is 0. The van der Waals surface area contributed by atoms with Crippen molar-refractivity contribution >= 4 is 10.9 Å². The molecule has 1 aromatic carbocycles. The van der Waals surface area contributed by atoms with Crippen molar-refractivity contribution in [3.8, 4) is 0 Å². The lowest BCUT2D eigenvalue weighted by molar-refractivity contribution is 0.0163. The van der Waals surface area contributed by atoms with Crippen LogP contribution in [0.15, 0.2) is 24.3 Å². The lowest BCUT2D eigenvalue weighted by Crippen LogP contribution is -2.47. The number of β-amino-alcohol motifs (C(OH)–C–C–N with tert-alkyl or cyclic N) is 1. The predicted octanol–water partition coefficient (Wildman–Crippen LogP) is 1.23. The van der Waals surface area contributed by atoms with E-state index >= 15 is 0 Å². The van der Waals surface area contributed by atoms with E-state index in [2.05, 4.69) is 22.5 Å². The van der Waals surface area contributed by atoms with Crippen molar-refractivity contribution in [3.63, 3.8) is 0 Å². The van der Waals surface area contributed by atoms with Gasteiger partial charge < -0.3 is 10.4 Å². The number of aryl methyl sites for hydroxylation is 1. The van der Waals surface area contributed by atoms with E-state index in [0.717, 1.165) is 36.0 Å². The number of rotatable bonds is 2. The fourth-order valence-corrected chi connectivity index (χ4v) is 2.83. The summed E-state index contributed by atoms with van der Waals surface area (Å²) in [6.07, 6.45) is 2.51. The summed E-state index contributed by atoms with van der Waals surface area (Å²) in [7, 11) is 1.95. The van der Waals surface area contributed by atoms with Gasteiger partial charge in [-0.05, 0) is 25.5 Å². The molecule has 2 aromatic rings. The molecule has 96 valence electrons. The first-order valence-corrected chi connectivity index (χ1v) is 6.52. The zero-order valence-corrected chi connectivity index (χ0v) is 10.7. The quantitative estimate of drug-likeness (QED) is 0.836. The monoisotopic (exact) mass is 245 g/mol. The minimum Gasteiger partial charge on any atom is -0.388 e. The van der Waals surface area contributed by atoms with Crippen LogP contribution in [0, 0.1) is 0 Å². The number of nitrogens with one attached hydrogen (secondary N) is 1. The second kappa shape index (κ2) is 4.37. The first-order valence-electron chi connectivity index (χ1n) is 6.52. The minimum atomic E-state index is -0.643. The van der Waals surface area contributed by atoms with Gasteiger partial charge in [0.15, 0.2) is 0 Å². The van der Waals surface area contributed by atoms with Gasteiger partial charge in [-0.2, -0.15) is 5.10 Å². The van der Waals surface area contributed by atoms with Crippen molar-refractivity contribution in [1.82, 2.24) is 15.1 Å². The Morgan fingerprint density at radius 1 is 1.44 bits per heavy atom. The highest BCUT2D eigenvalue weighted by Crippen LogP contribution is 2.25. The molecule has 1 aliphatic rings. The van der Waals surface area contributed by atoms with Crippen LogP contribution in [0.1, 0.15) is 18.5 Å². The molecule has 4 nitrogen and oxygen atoms in total. The first kappa shape index (κ1) is 11.7. The van der Waals surface area contributed by atoms with Crippen LogP contribution in [-0.2, 0) is 13.5 Å². The van der Waals surface area contributed by atoms with Crippen LogP contribution in [0.4, 0.5) is 0 Å². The number of para-hydroxylation sites is 1. The second-order valence-electron chi connectivity index (χ2n) is 5.27. The van der Waals surface area contributed by atoms with Crippen molar-refractivity contribution in [2.45, 2.75) is 24.9 Å². The summed E-state index contributed by atoms with van der Waals surface area (Å²) < 4.78 is 1.89. The molecule has 2 N–H and O–H groups in total. The molecule has 4 heteroatoms. The van der Waals surface area contributed by atoms with Gasteiger partial charge in [0, 0.05) is 25.4 Å². The summed E-state index contributed by atoms with van der Waals surface area (Å²) >= 11 is 0. The van der Waals surface area contributed by atoms with Crippen LogP contribution in [0.2, 0.25) is 0 Å². The summed E-state index contributed by atoms with van der Waals surface area (Å²) in [6.45, 7) is 1.67. The second-order valence-corrected chi connectivity index (χ2v) is 5.27. The maximum Gasteiger partial charge on any atom is 0.0828 e. The summed E-state index contributed by atoms with van der Waals surface area (Å²) in [5, 5.41) is 19.6. The highest BCUT2D eigenvalue weighted by atomic mass is 16.3. The SMILES string of the molecule is Cn1nc(CC2(O)CCCNC2)c2ccccc21. The molecule has 0 aliphatic carbocycles. The number of hydrogen-bond donors (Lipinski definition) is 2. The van der Waals surface area contributed by atoms with Gasteiger partial charge in [0.2, 0.25) is 0 Å². The average Bonchev–Trinajstić information content (AvgIpc) is 2.67. The summed E-state index contributed by atoms with van der Waals surface area (Å²) in [6, 6.07) is 8.19. The highest BCUT2D eigenvalue weighted by Gasteiger charge is 2.31. The van der Waals surface area contributed by atoms with E-state index in [4.69, 9.17) is 0 Å². The van der Waals surface area contributed by atoms with Crippen molar-refractivity contribution in [1.29, 1.82) is 0 Å². The zero-order valence-electron chi connectivity index (χ0n) is 10.7. The van der Waals surface area contributed by atoms with Crippen LogP contribution in [-0.4, -0.2) is 33.6 Å². The summed E-state index contributed by atoms with van der Waals surface area (Å²) in [5.41, 5.74) is 1.48. The van der Waals surface area contributed by atoms with Crippen molar-refractivity contribution in [2.24, 2.45) is 7.05 Å². The lowest BCUT2D eigenvalue weighted by Gasteiger charge is -2.32. The van der Waals surface area contributed by atoms with Crippen LogP contribution >= 0.6 is 0 Å². The normalized spacial score (nSPS) is 24.6. The number of hydrogen-bond acceptors (Lipinski definition) is 3. The number of benzene rings is 1. The van der Waals surface area contributed by atoms with E-state index in [-0.39, 0.29) is 0 Å². The van der Waals surface area contributed by atoms with Gasteiger partial charge in [0.1, 0.15) is 0 Å². The van der Waals surface area contributed by atoms with E-state index < -0.39 is 5.60 Å². The van der Waals surface area contributed by atoms with Crippen molar-refractivity contribution in [3.05, 3.63) is 30.0 Å². The van der Waals surface area contributed by atoms with E-state index in [9.17, 15) is 5.11 Å². The molecule has 0 radical (unpaired) electrons. The molecule has 1 aromatic heterocycles. The molecule has 0 bridgehead atoms. The smallest absolute Gasteiger partial charge is 0.0828 e. The molecule has 2 heterocycles. The van der Waals surface area contributed by atoms with Crippen molar-refractivity contribution in [2.75, 3.05) is 13.1 Å². The molecular formula is C14H19N3O. The van der Waals surface area contributed by atoms with E-state index in [1.165, 1.54) is 0 Å². The molecule has 1 unspecified atom stereocenters. The molecule has 1 aliphatic heterocycles. The fourth-order valence-electron chi connectivity index (χ4n) is 2.83. The minimum absolute atomic E-state index is 0.626. The molecule has 3 rings (SSSR count). The van der Waals surface area contributed by atoms with Crippen LogP contribution < -0.4 is 5.32 Å². The van der Waals surface area contributed by atoms with E-state index in [1.807, 2.05) is 23.9 Å². The van der Waals surface area contributed by atoms with Crippen LogP contribution in [0.3, 0.4) is 0 Å². The molecule has 1 atom stereocenters. The first-order chi connectivity index (χ1) is 8.68. The Bertz CT molecular complexity index is 555. The number of aromatic nitrogens is 2. The maximum absolute atomic E-state index is 10.6. The fraction of sp³-hybridized carbons (Fsp3) is 0.500. The number of aliphatic hydroxyl groups is 1. The third kappa shape index (κ3) is 2.02. The Morgan fingerprint density at radius 2 is 2.28 bits per heavy atom. The third-order valence-corrected chi connectivity index (χ3v) is 3.78. The van der Waals surface area contributed by atoms with E-state index in [0.29, 0.717) is 13.0 Å². The summed E-state index contributed by atoms with van der Waals surface area (Å²) in [4.78, 5) is 0. The molecule has 0 spiro atoms. The van der Waals surface area contributed by atoms with Gasteiger partial charge in [-0.25, -0.2) is 0 Å². The van der Waals surface area contributed by atoms with Gasteiger partial charge in [-0.3, -0.25) is 4.68 Å². The Morgan fingerprint density at radius 3 is 3.06 bits per heavy atom. The Balaban J connectivity index is 1.95. The lowest BCUT2D eigenvalue weighted by atomic mass is 9.89. The standard InChI is InChI=1S/C14H19N3O/c1-17-13-6-3-2-5-11(13)12(16-17)9-14(18)7-4-8-15-10-14/h2-3,5-6,15,18H,4,7-10H2,1H3. The van der Waals surface area contributed by atoms with Gasteiger partial charge in [0.05, 0.1) is 16.8 Å². The molecule has 1 fully saturated rings. The molecule has 18 heavy (non-hydrogen) atoms. The molecule has 1 saturated heterocycles. The Kier molecular flexibility index (Phi) is 2.84. The van der Waals surface area contributed by atoms with Gasteiger partial charge >= 0.3 is 0 Å². The largest absolute Gasteiger partial charge is 0.388 e. The molecule has 0 saturated carbocycles. The number of piperidine rings is 1. The highest BCUT2D eigenvalue weighted by molar-refractivity contribution is 5.81. The molecular weight excluding hydrogens is 226 g/mol. The molecule has 0 amide bonds. The third-order valence-electron chi connectivity index (χ3n) is 3.78. The maximum atomic E-state index is 10.6. The van der Waals surface area contributed by atoms with Crippen molar-refractivity contribution < 1.29 is 5.11 Å². The average molecular weight is 245 g/mol. The topological polar surface area (TPSA) is 50.1 Å². The van der Waals surface area contributed by atoms with Crippen LogP contribution in [0.25, 0.3) is 10.9 Å². The Hall–Kier alpha value is -1.39. The zero-order chi connectivity index (χ0) is 12.6. The number of fused-ring (bicyclic) bond motifs is 1. The Labute approximate surface area is 107 Å². The number of nitrogens with zero attached hydrogens (tertiary/aromatic N) is 2. The van der Waals surface area contributed by atoms with E-state index in [1.54, 1.807) is 0 Å². The van der Waals surface area contributed by atoms with Gasteiger partial charge in [-0.1, -0.05) is 18.2 Å². The van der Waals surface area contributed by atoms with Gasteiger partial charge in [0.25, 0.3) is 0 Å². The van der Waals surface area contributed by atoms with Gasteiger partial charge in [-0.15, -0.1) is 0 Å². The van der Waals surface area contributed by atoms with Crippen LogP contribution in [0.5, 0.6) is 0 Å². The predicted molar refractivity (Wildman–Crippen MR) is 71.5 cm³/mol.